The molecule has 0 unspecified atom stereocenters. The van der Waals surface area contributed by atoms with Crippen molar-refractivity contribution >= 4 is 23.1 Å². The van der Waals surface area contributed by atoms with Gasteiger partial charge in [0.15, 0.2) is 0 Å². The smallest absolute Gasteiger partial charge is 0.323 e. The van der Waals surface area contributed by atoms with Crippen LogP contribution in [0.15, 0.2) is 23.1 Å². The highest BCUT2D eigenvalue weighted by Gasteiger charge is 2.30. The molecule has 0 radical (unpaired) electrons. The lowest BCUT2D eigenvalue weighted by Gasteiger charge is -2.09. The standard InChI is InChI=1S/C7H6F3N3O2S/c8-7(9,10)16-6-2-1-4(13(14)15)3-5(6)12-11/h1-3,12H,11H2. The van der Waals surface area contributed by atoms with Gasteiger partial charge in [-0.25, -0.2) is 0 Å². The van der Waals surface area contributed by atoms with Gasteiger partial charge >= 0.3 is 5.51 Å². The molecule has 0 bridgehead atoms. The number of nitrogens with one attached hydrogen (secondary N) is 1. The van der Waals surface area contributed by atoms with E-state index < -0.39 is 22.2 Å². The topological polar surface area (TPSA) is 81.2 Å². The fourth-order valence-electron chi connectivity index (χ4n) is 0.958. The lowest BCUT2D eigenvalue weighted by molar-refractivity contribution is -0.384. The van der Waals surface area contributed by atoms with E-state index >= 15 is 0 Å². The number of nitrogens with two attached hydrogens (primary N) is 1. The van der Waals surface area contributed by atoms with Crippen molar-refractivity contribution in [2.45, 2.75) is 10.4 Å². The van der Waals surface area contributed by atoms with Crippen LogP contribution in [0.4, 0.5) is 24.5 Å². The molecule has 0 aliphatic rings. The summed E-state index contributed by atoms with van der Waals surface area (Å²) in [7, 11) is 0. The number of halogens is 3. The molecule has 0 aliphatic carbocycles. The molecule has 0 spiro atoms. The molecule has 1 aromatic carbocycles. The molecule has 0 aromatic heterocycles. The summed E-state index contributed by atoms with van der Waals surface area (Å²) in [5, 5.41) is 10.4. The Balaban J connectivity index is 3.07. The second-order valence-electron chi connectivity index (χ2n) is 2.63. The van der Waals surface area contributed by atoms with E-state index in [0.29, 0.717) is 0 Å². The summed E-state index contributed by atoms with van der Waals surface area (Å²) in [6, 6.07) is 2.91. The number of nitro benzene ring substituents is 1. The van der Waals surface area contributed by atoms with Gasteiger partial charge in [0.2, 0.25) is 0 Å². The number of rotatable bonds is 3. The van der Waals surface area contributed by atoms with Crippen molar-refractivity contribution < 1.29 is 18.1 Å². The van der Waals surface area contributed by atoms with Gasteiger partial charge in [0.1, 0.15) is 0 Å². The third-order valence-corrected chi connectivity index (χ3v) is 2.36. The van der Waals surface area contributed by atoms with Crippen LogP contribution in [0.3, 0.4) is 0 Å². The highest BCUT2D eigenvalue weighted by molar-refractivity contribution is 8.00. The van der Waals surface area contributed by atoms with E-state index in [1.165, 1.54) is 0 Å². The summed E-state index contributed by atoms with van der Waals surface area (Å²) >= 11 is -0.393. The second-order valence-corrected chi connectivity index (χ2v) is 3.74. The van der Waals surface area contributed by atoms with Gasteiger partial charge in [0.25, 0.3) is 5.69 Å². The molecule has 16 heavy (non-hydrogen) atoms. The number of hydrogen-bond acceptors (Lipinski definition) is 5. The molecule has 3 N–H and O–H groups in total. The molecule has 0 aliphatic heterocycles. The average molecular weight is 253 g/mol. The first-order valence-electron chi connectivity index (χ1n) is 3.84. The summed E-state index contributed by atoms with van der Waals surface area (Å²) in [4.78, 5) is 9.43. The zero-order chi connectivity index (χ0) is 12.3. The highest BCUT2D eigenvalue weighted by atomic mass is 32.2. The molecule has 1 aromatic rings. The Hall–Kier alpha value is -1.48. The number of nitrogens with zero attached hydrogens (tertiary/aromatic N) is 1. The number of anilines is 1. The maximum Gasteiger partial charge on any atom is 0.446 e. The first-order valence-corrected chi connectivity index (χ1v) is 4.66. The maximum absolute atomic E-state index is 12.1. The molecule has 88 valence electrons. The Morgan fingerprint density at radius 3 is 2.50 bits per heavy atom. The van der Waals surface area contributed by atoms with Crippen LogP contribution >= 0.6 is 11.8 Å². The Kier molecular flexibility index (Phi) is 3.60. The molecular formula is C7H6F3N3O2S. The normalized spacial score (nSPS) is 11.2. The lowest BCUT2D eigenvalue weighted by Crippen LogP contribution is -2.09. The van der Waals surface area contributed by atoms with Crippen LogP contribution in [0.25, 0.3) is 0 Å². The summed E-state index contributed by atoms with van der Waals surface area (Å²) in [6.07, 6.45) is 0. The molecule has 0 saturated heterocycles. The van der Waals surface area contributed by atoms with Crippen LogP contribution in [0, 0.1) is 10.1 Å². The van der Waals surface area contributed by atoms with Gasteiger partial charge < -0.3 is 5.43 Å². The number of non-ortho nitro benzene ring substituents is 1. The number of hydrazine groups is 1. The van der Waals surface area contributed by atoms with Crippen molar-refractivity contribution in [1.82, 2.24) is 0 Å². The fraction of sp³-hybridized carbons (Fsp3) is 0.143. The summed E-state index contributed by atoms with van der Waals surface area (Å²) in [5.41, 5.74) is -2.96. The highest BCUT2D eigenvalue weighted by Crippen LogP contribution is 2.41. The van der Waals surface area contributed by atoms with Crippen molar-refractivity contribution in [3.8, 4) is 0 Å². The number of hydrogen-bond donors (Lipinski definition) is 2. The molecule has 0 saturated carbocycles. The van der Waals surface area contributed by atoms with E-state index in [4.69, 9.17) is 5.84 Å². The third-order valence-electron chi connectivity index (χ3n) is 1.56. The van der Waals surface area contributed by atoms with Crippen LogP contribution in [-0.2, 0) is 0 Å². The Labute approximate surface area is 91.9 Å². The predicted octanol–water partition coefficient (Wildman–Crippen LogP) is 2.49. The van der Waals surface area contributed by atoms with Crippen molar-refractivity contribution in [2.75, 3.05) is 5.43 Å². The molecular weight excluding hydrogens is 247 g/mol. The minimum atomic E-state index is -4.47. The van der Waals surface area contributed by atoms with E-state index in [-0.39, 0.29) is 16.3 Å². The van der Waals surface area contributed by atoms with E-state index in [1.54, 1.807) is 0 Å². The molecule has 0 atom stereocenters. The fourth-order valence-corrected chi connectivity index (χ4v) is 1.57. The van der Waals surface area contributed by atoms with Gasteiger partial charge in [0.05, 0.1) is 10.6 Å². The number of alkyl halides is 3. The Morgan fingerprint density at radius 1 is 1.44 bits per heavy atom. The number of nitro groups is 1. The van der Waals surface area contributed by atoms with E-state index in [9.17, 15) is 23.3 Å². The zero-order valence-corrected chi connectivity index (χ0v) is 8.43. The van der Waals surface area contributed by atoms with Crippen LogP contribution in [0.5, 0.6) is 0 Å². The van der Waals surface area contributed by atoms with Gasteiger partial charge in [-0.05, 0) is 17.8 Å². The maximum atomic E-state index is 12.1. The van der Waals surface area contributed by atoms with Gasteiger partial charge in [-0.2, -0.15) is 13.2 Å². The van der Waals surface area contributed by atoms with Gasteiger partial charge in [-0.15, -0.1) is 0 Å². The summed E-state index contributed by atoms with van der Waals surface area (Å²) in [6.45, 7) is 0. The third kappa shape index (κ3) is 3.28. The quantitative estimate of drug-likeness (QED) is 0.374. The van der Waals surface area contributed by atoms with Crippen LogP contribution in [0.2, 0.25) is 0 Å². The summed E-state index contributed by atoms with van der Waals surface area (Å²) in [5.74, 6) is 4.99. The monoisotopic (exact) mass is 253 g/mol. The van der Waals surface area contributed by atoms with E-state index in [2.05, 4.69) is 0 Å². The van der Waals surface area contributed by atoms with Crippen molar-refractivity contribution in [1.29, 1.82) is 0 Å². The molecule has 9 heteroatoms. The number of benzene rings is 1. The van der Waals surface area contributed by atoms with E-state index in [0.717, 1.165) is 18.2 Å². The van der Waals surface area contributed by atoms with Crippen LogP contribution < -0.4 is 11.3 Å². The van der Waals surface area contributed by atoms with Gasteiger partial charge in [-0.1, -0.05) is 0 Å². The molecule has 0 heterocycles. The van der Waals surface area contributed by atoms with E-state index in [1.807, 2.05) is 5.43 Å². The minimum absolute atomic E-state index is 0.142. The van der Waals surface area contributed by atoms with Crippen LogP contribution in [-0.4, -0.2) is 10.4 Å². The lowest BCUT2D eigenvalue weighted by atomic mass is 10.3. The van der Waals surface area contributed by atoms with Crippen molar-refractivity contribution in [3.05, 3.63) is 28.3 Å². The second kappa shape index (κ2) is 4.58. The minimum Gasteiger partial charge on any atom is -0.323 e. The summed E-state index contributed by atoms with van der Waals surface area (Å²) < 4.78 is 36.2. The molecule has 0 fully saturated rings. The zero-order valence-electron chi connectivity index (χ0n) is 7.62. The molecule has 0 amide bonds. The molecule has 5 nitrogen and oxygen atoms in total. The average Bonchev–Trinajstić information content (AvgIpc) is 2.15. The number of thioether (sulfide) groups is 1. The first-order chi connectivity index (χ1) is 7.33. The Morgan fingerprint density at radius 2 is 2.06 bits per heavy atom. The number of nitrogen functional groups attached to an aromatic ring is 1. The Bertz CT molecular complexity index is 410. The van der Waals surface area contributed by atoms with Crippen molar-refractivity contribution in [2.24, 2.45) is 5.84 Å². The molecule has 1 rings (SSSR count). The first kappa shape index (κ1) is 12.6. The predicted molar refractivity (Wildman–Crippen MR) is 52.8 cm³/mol. The van der Waals surface area contributed by atoms with Crippen molar-refractivity contribution in [3.63, 3.8) is 0 Å². The van der Waals surface area contributed by atoms with Gasteiger partial charge in [-0.3, -0.25) is 16.0 Å². The SMILES string of the molecule is NNc1cc([N+](=O)[O-])ccc1SC(F)(F)F. The largest absolute Gasteiger partial charge is 0.446 e. The van der Waals surface area contributed by atoms with Crippen LogP contribution in [0.1, 0.15) is 0 Å². The van der Waals surface area contributed by atoms with Gasteiger partial charge in [0, 0.05) is 17.0 Å².